The van der Waals surface area contributed by atoms with Gasteiger partial charge >= 0.3 is 0 Å². The molecule has 1 aliphatic carbocycles. The average Bonchev–Trinajstić information content (AvgIpc) is 2.48. The predicted molar refractivity (Wildman–Crippen MR) is 84.6 cm³/mol. The number of carbonyl (C=O) groups excluding carboxylic acids is 1. The first kappa shape index (κ1) is 16.3. The van der Waals surface area contributed by atoms with Gasteiger partial charge in [-0.15, -0.1) is 0 Å². The lowest BCUT2D eigenvalue weighted by atomic mass is 9.94. The molecule has 4 nitrogen and oxygen atoms in total. The minimum atomic E-state index is -0.0962. The molecule has 21 heavy (non-hydrogen) atoms. The largest absolute Gasteiger partial charge is 0.378 e. The molecular weight excluding hydrogens is 288 g/mol. The molecule has 5 heteroatoms. The number of hydrogen-bond donors (Lipinski definition) is 2. The van der Waals surface area contributed by atoms with Crippen LogP contribution in [0.15, 0.2) is 24.3 Å². The summed E-state index contributed by atoms with van der Waals surface area (Å²) in [6.07, 6.45) is 5.36. The summed E-state index contributed by atoms with van der Waals surface area (Å²) in [6.45, 7) is 1.29. The van der Waals surface area contributed by atoms with Gasteiger partial charge in [0.05, 0.1) is 6.10 Å². The van der Waals surface area contributed by atoms with Gasteiger partial charge in [-0.2, -0.15) is 0 Å². The summed E-state index contributed by atoms with van der Waals surface area (Å²) in [6, 6.07) is 7.29. The van der Waals surface area contributed by atoms with E-state index >= 15 is 0 Å². The molecule has 0 saturated heterocycles. The van der Waals surface area contributed by atoms with Crippen LogP contribution < -0.4 is 11.1 Å². The van der Waals surface area contributed by atoms with E-state index < -0.39 is 0 Å². The molecule has 1 aromatic carbocycles. The maximum atomic E-state index is 11.9. The molecule has 0 atom stereocenters. The Hall–Kier alpha value is -1.10. The normalized spacial score (nSPS) is 22.0. The van der Waals surface area contributed by atoms with Gasteiger partial charge in [-0.25, -0.2) is 0 Å². The Kier molecular flexibility index (Phi) is 6.49. The lowest BCUT2D eigenvalue weighted by molar-refractivity contribution is 0.0241. The van der Waals surface area contributed by atoms with E-state index in [0.717, 1.165) is 32.1 Å². The minimum absolute atomic E-state index is 0.0962. The average molecular weight is 311 g/mol. The molecule has 0 heterocycles. The van der Waals surface area contributed by atoms with Crippen molar-refractivity contribution in [3.63, 3.8) is 0 Å². The van der Waals surface area contributed by atoms with Crippen LogP contribution in [0.4, 0.5) is 0 Å². The van der Waals surface area contributed by atoms with Crippen molar-refractivity contribution in [2.24, 2.45) is 5.73 Å². The maximum absolute atomic E-state index is 11.9. The molecule has 1 aromatic rings. The Morgan fingerprint density at radius 1 is 1.33 bits per heavy atom. The van der Waals surface area contributed by atoms with E-state index in [0.29, 0.717) is 35.9 Å². The van der Waals surface area contributed by atoms with Gasteiger partial charge in [0.15, 0.2) is 0 Å². The second kappa shape index (κ2) is 8.37. The van der Waals surface area contributed by atoms with Crippen LogP contribution in [-0.2, 0) is 4.74 Å². The second-order valence-electron chi connectivity index (χ2n) is 5.53. The number of nitrogens with one attached hydrogen (secondary N) is 1. The number of nitrogens with two attached hydrogens (primary N) is 1. The summed E-state index contributed by atoms with van der Waals surface area (Å²) in [7, 11) is 0. The molecule has 0 radical (unpaired) electrons. The monoisotopic (exact) mass is 310 g/mol. The summed E-state index contributed by atoms with van der Waals surface area (Å²) in [5.41, 5.74) is 6.45. The first-order chi connectivity index (χ1) is 10.1. The Labute approximate surface area is 131 Å². The topological polar surface area (TPSA) is 64.3 Å². The summed E-state index contributed by atoms with van der Waals surface area (Å²) >= 11 is 5.86. The number of hydrogen-bond acceptors (Lipinski definition) is 3. The fraction of sp³-hybridized carbons (Fsp3) is 0.562. The summed E-state index contributed by atoms with van der Waals surface area (Å²) in [5.74, 6) is -0.0962. The van der Waals surface area contributed by atoms with E-state index in [1.54, 1.807) is 24.3 Å². The zero-order valence-corrected chi connectivity index (χ0v) is 12.9. The molecule has 116 valence electrons. The van der Waals surface area contributed by atoms with Crippen molar-refractivity contribution < 1.29 is 9.53 Å². The quantitative estimate of drug-likeness (QED) is 0.794. The molecule has 0 aromatic heterocycles. The van der Waals surface area contributed by atoms with Crippen molar-refractivity contribution >= 4 is 17.5 Å². The van der Waals surface area contributed by atoms with Crippen LogP contribution in [0.3, 0.4) is 0 Å². The van der Waals surface area contributed by atoms with Crippen LogP contribution in [0, 0.1) is 0 Å². The highest BCUT2D eigenvalue weighted by Crippen LogP contribution is 2.19. The van der Waals surface area contributed by atoms with Gasteiger partial charge < -0.3 is 15.8 Å². The molecule has 2 rings (SSSR count). The predicted octanol–water partition coefficient (Wildman–Crippen LogP) is 2.75. The number of amides is 1. The van der Waals surface area contributed by atoms with E-state index in [1.807, 2.05) is 0 Å². The van der Waals surface area contributed by atoms with E-state index in [9.17, 15) is 4.79 Å². The number of carbonyl (C=O) groups is 1. The lowest BCUT2D eigenvalue weighted by Crippen LogP contribution is -2.31. The standard InChI is InChI=1S/C16H23ClN2O2/c17-13-4-1-3-12(11-13)16(20)19-9-2-10-21-15-7-5-14(18)6-8-15/h1,3-4,11,14-15H,2,5-10,18H2,(H,19,20). The third-order valence-corrected chi connectivity index (χ3v) is 4.00. The van der Waals surface area contributed by atoms with Crippen molar-refractivity contribution in [2.75, 3.05) is 13.2 Å². The van der Waals surface area contributed by atoms with Crippen molar-refractivity contribution in [1.29, 1.82) is 0 Å². The van der Waals surface area contributed by atoms with Crippen LogP contribution in [0.1, 0.15) is 42.5 Å². The summed E-state index contributed by atoms with van der Waals surface area (Å²) in [5, 5.41) is 3.44. The SMILES string of the molecule is NC1CCC(OCCCNC(=O)c2cccc(Cl)c2)CC1. The first-order valence-corrected chi connectivity index (χ1v) is 7.94. The van der Waals surface area contributed by atoms with Gasteiger partial charge in [-0.3, -0.25) is 4.79 Å². The van der Waals surface area contributed by atoms with Gasteiger partial charge in [-0.05, 0) is 50.3 Å². The van der Waals surface area contributed by atoms with Crippen LogP contribution in [-0.4, -0.2) is 31.2 Å². The van der Waals surface area contributed by atoms with E-state index in [4.69, 9.17) is 22.1 Å². The van der Waals surface area contributed by atoms with Gasteiger partial charge in [0.1, 0.15) is 0 Å². The number of ether oxygens (including phenoxy) is 1. The second-order valence-corrected chi connectivity index (χ2v) is 5.96. The van der Waals surface area contributed by atoms with Crippen LogP contribution >= 0.6 is 11.6 Å². The van der Waals surface area contributed by atoms with Crippen molar-refractivity contribution in [2.45, 2.75) is 44.2 Å². The molecule has 1 fully saturated rings. The molecular formula is C16H23ClN2O2. The zero-order chi connectivity index (χ0) is 15.1. The van der Waals surface area contributed by atoms with Crippen molar-refractivity contribution in [3.8, 4) is 0 Å². The van der Waals surface area contributed by atoms with E-state index in [-0.39, 0.29) is 5.91 Å². The fourth-order valence-corrected chi connectivity index (χ4v) is 2.70. The molecule has 0 spiro atoms. The van der Waals surface area contributed by atoms with Crippen LogP contribution in [0.5, 0.6) is 0 Å². The maximum Gasteiger partial charge on any atom is 0.251 e. The molecule has 1 saturated carbocycles. The Morgan fingerprint density at radius 3 is 2.81 bits per heavy atom. The Balaban J connectivity index is 1.58. The smallest absolute Gasteiger partial charge is 0.251 e. The number of halogens is 1. The highest BCUT2D eigenvalue weighted by molar-refractivity contribution is 6.30. The molecule has 0 aliphatic heterocycles. The van der Waals surface area contributed by atoms with Crippen LogP contribution in [0.2, 0.25) is 5.02 Å². The number of rotatable bonds is 6. The van der Waals surface area contributed by atoms with E-state index in [2.05, 4.69) is 5.32 Å². The highest BCUT2D eigenvalue weighted by atomic mass is 35.5. The first-order valence-electron chi connectivity index (χ1n) is 7.56. The Morgan fingerprint density at radius 2 is 2.10 bits per heavy atom. The molecule has 0 bridgehead atoms. The fourth-order valence-electron chi connectivity index (χ4n) is 2.51. The van der Waals surface area contributed by atoms with Gasteiger partial charge in [-0.1, -0.05) is 17.7 Å². The summed E-state index contributed by atoms with van der Waals surface area (Å²) in [4.78, 5) is 11.9. The van der Waals surface area contributed by atoms with Crippen molar-refractivity contribution in [3.05, 3.63) is 34.9 Å². The van der Waals surface area contributed by atoms with Crippen molar-refractivity contribution in [1.82, 2.24) is 5.32 Å². The molecule has 3 N–H and O–H groups in total. The van der Waals surface area contributed by atoms with Gasteiger partial charge in [0, 0.05) is 29.8 Å². The lowest BCUT2D eigenvalue weighted by Gasteiger charge is -2.26. The third-order valence-electron chi connectivity index (χ3n) is 3.77. The summed E-state index contributed by atoms with van der Waals surface area (Å²) < 4.78 is 5.81. The number of benzene rings is 1. The zero-order valence-electron chi connectivity index (χ0n) is 12.2. The van der Waals surface area contributed by atoms with Gasteiger partial charge in [0.2, 0.25) is 0 Å². The highest BCUT2D eigenvalue weighted by Gasteiger charge is 2.18. The minimum Gasteiger partial charge on any atom is -0.378 e. The molecule has 1 amide bonds. The molecule has 1 aliphatic rings. The third kappa shape index (κ3) is 5.65. The Bertz CT molecular complexity index is 459. The van der Waals surface area contributed by atoms with Gasteiger partial charge in [0.25, 0.3) is 5.91 Å². The van der Waals surface area contributed by atoms with E-state index in [1.165, 1.54) is 0 Å². The molecule has 0 unspecified atom stereocenters. The van der Waals surface area contributed by atoms with Crippen LogP contribution in [0.25, 0.3) is 0 Å².